The Labute approximate surface area is 119 Å². The van der Waals surface area contributed by atoms with Gasteiger partial charge in [-0.05, 0) is 26.0 Å². The van der Waals surface area contributed by atoms with Gasteiger partial charge >= 0.3 is 5.97 Å². The van der Waals surface area contributed by atoms with Crippen molar-refractivity contribution in [2.45, 2.75) is 13.8 Å². The van der Waals surface area contributed by atoms with Gasteiger partial charge in [-0.3, -0.25) is 0 Å². The second kappa shape index (κ2) is 5.87. The normalized spacial score (nSPS) is 10.3. The minimum absolute atomic E-state index is 0.00279. The van der Waals surface area contributed by atoms with Gasteiger partial charge in [0.25, 0.3) is 0 Å². The van der Waals surface area contributed by atoms with Crippen molar-refractivity contribution in [1.82, 2.24) is 4.98 Å². The number of anilines is 1. The first-order valence-corrected chi connectivity index (χ1v) is 6.70. The predicted molar refractivity (Wildman–Crippen MR) is 73.7 cm³/mol. The van der Waals surface area contributed by atoms with Crippen LogP contribution in [0.25, 0.3) is 0 Å². The Balaban J connectivity index is 2.23. The second-order valence-corrected chi connectivity index (χ2v) is 5.10. The molecule has 1 aromatic heterocycles. The highest BCUT2D eigenvalue weighted by molar-refractivity contribution is 7.13. The molecular weight excluding hydrogens is 283 g/mol. The van der Waals surface area contributed by atoms with E-state index in [0.29, 0.717) is 10.6 Å². The Morgan fingerprint density at radius 2 is 2.25 bits per heavy atom. The van der Waals surface area contributed by atoms with Crippen LogP contribution in [0.4, 0.5) is 10.1 Å². The molecule has 2 N–H and O–H groups in total. The molecule has 1 aromatic carbocycles. The Morgan fingerprint density at radius 1 is 1.50 bits per heavy atom. The second-order valence-electron chi connectivity index (χ2n) is 3.89. The van der Waals surface area contributed by atoms with E-state index in [1.54, 1.807) is 13.8 Å². The number of aryl methyl sites for hydroxylation is 1. The average molecular weight is 296 g/mol. The molecule has 0 aliphatic carbocycles. The van der Waals surface area contributed by atoms with E-state index in [1.165, 1.54) is 12.1 Å². The first-order chi connectivity index (χ1) is 9.51. The summed E-state index contributed by atoms with van der Waals surface area (Å²) in [5, 5.41) is 0.176. The number of carbonyl (C=O) groups is 1. The quantitative estimate of drug-likeness (QED) is 0.693. The molecule has 0 unspecified atom stereocenters. The maximum Gasteiger partial charge on any atom is 0.367 e. The van der Waals surface area contributed by atoms with Gasteiger partial charge in [0.15, 0.2) is 11.6 Å². The fourth-order valence-electron chi connectivity index (χ4n) is 1.46. The van der Waals surface area contributed by atoms with Crippen LogP contribution in [0.3, 0.4) is 0 Å². The van der Waals surface area contributed by atoms with Gasteiger partial charge in [-0.25, -0.2) is 9.18 Å². The molecule has 0 radical (unpaired) electrons. The lowest BCUT2D eigenvalue weighted by Crippen LogP contribution is -2.03. The number of nitrogens with zero attached hydrogens (tertiary/aromatic N) is 1. The lowest BCUT2D eigenvalue weighted by atomic mass is 10.3. The Bertz CT molecular complexity index is 643. The largest absolute Gasteiger partial charge is 0.461 e. The lowest BCUT2D eigenvalue weighted by Gasteiger charge is -2.05. The van der Waals surface area contributed by atoms with Crippen LogP contribution in [-0.2, 0) is 4.74 Å². The fraction of sp³-hybridized carbons (Fsp3) is 0.231. The Hall–Kier alpha value is -2.15. The van der Waals surface area contributed by atoms with Gasteiger partial charge in [0.1, 0.15) is 0 Å². The fourth-order valence-corrected chi connectivity index (χ4v) is 2.20. The number of thiazole rings is 1. The molecule has 0 fully saturated rings. The standard InChI is InChI=1S/C13H13FN2O3S/c1-3-18-13(17)12-16-11(7(2)20-12)19-10-5-4-8(15)6-9(10)14/h4-6H,3,15H2,1-2H3. The van der Waals surface area contributed by atoms with Crippen LogP contribution >= 0.6 is 11.3 Å². The summed E-state index contributed by atoms with van der Waals surface area (Å²) in [6.45, 7) is 3.70. The zero-order valence-corrected chi connectivity index (χ0v) is 11.8. The maximum atomic E-state index is 13.6. The Kier molecular flexibility index (Phi) is 4.19. The van der Waals surface area contributed by atoms with Crippen LogP contribution in [-0.4, -0.2) is 17.6 Å². The molecule has 2 rings (SSSR count). The summed E-state index contributed by atoms with van der Waals surface area (Å²) in [7, 11) is 0. The molecule has 0 aliphatic rings. The summed E-state index contributed by atoms with van der Waals surface area (Å²) in [4.78, 5) is 16.2. The van der Waals surface area contributed by atoms with Gasteiger partial charge in [-0.15, -0.1) is 11.3 Å². The van der Waals surface area contributed by atoms with Crippen molar-refractivity contribution >= 4 is 23.0 Å². The molecule has 0 atom stereocenters. The number of halogens is 1. The third-order valence-corrected chi connectivity index (χ3v) is 3.30. The van der Waals surface area contributed by atoms with Gasteiger partial charge in [0.2, 0.25) is 10.9 Å². The lowest BCUT2D eigenvalue weighted by molar-refractivity contribution is 0.0525. The van der Waals surface area contributed by atoms with Crippen molar-refractivity contribution in [2.75, 3.05) is 12.3 Å². The smallest absolute Gasteiger partial charge is 0.367 e. The summed E-state index contributed by atoms with van der Waals surface area (Å²) >= 11 is 1.13. The first-order valence-electron chi connectivity index (χ1n) is 5.88. The molecule has 0 saturated heterocycles. The molecule has 1 heterocycles. The molecule has 0 aliphatic heterocycles. The van der Waals surface area contributed by atoms with E-state index in [-0.39, 0.29) is 23.2 Å². The number of hydrogen-bond donors (Lipinski definition) is 1. The SMILES string of the molecule is CCOC(=O)c1nc(Oc2ccc(N)cc2F)c(C)s1. The monoisotopic (exact) mass is 296 g/mol. The minimum atomic E-state index is -0.588. The number of benzene rings is 1. The van der Waals surface area contributed by atoms with Gasteiger partial charge in [0.05, 0.1) is 11.5 Å². The van der Waals surface area contributed by atoms with Crippen molar-refractivity contribution < 1.29 is 18.7 Å². The number of carbonyl (C=O) groups excluding carboxylic acids is 1. The van der Waals surface area contributed by atoms with Crippen LogP contribution < -0.4 is 10.5 Å². The number of esters is 1. The third-order valence-electron chi connectivity index (χ3n) is 2.37. The molecular formula is C13H13FN2O3S. The predicted octanol–water partition coefficient (Wildman–Crippen LogP) is 3.14. The van der Waals surface area contributed by atoms with E-state index in [0.717, 1.165) is 17.4 Å². The van der Waals surface area contributed by atoms with Gasteiger partial charge in [-0.1, -0.05) is 0 Å². The summed E-state index contributed by atoms with van der Waals surface area (Å²) in [6.07, 6.45) is 0. The Morgan fingerprint density at radius 3 is 2.90 bits per heavy atom. The van der Waals surface area contributed by atoms with Crippen molar-refractivity contribution in [3.05, 3.63) is 33.9 Å². The van der Waals surface area contributed by atoms with E-state index in [9.17, 15) is 9.18 Å². The van der Waals surface area contributed by atoms with Crippen LogP contribution in [0.1, 0.15) is 21.6 Å². The van der Waals surface area contributed by atoms with E-state index >= 15 is 0 Å². The highest BCUT2D eigenvalue weighted by atomic mass is 32.1. The summed E-state index contributed by atoms with van der Waals surface area (Å²) in [5.74, 6) is -0.923. The highest BCUT2D eigenvalue weighted by Crippen LogP contribution is 2.31. The molecule has 0 spiro atoms. The van der Waals surface area contributed by atoms with Crippen LogP contribution in [0.5, 0.6) is 11.6 Å². The zero-order chi connectivity index (χ0) is 14.7. The third kappa shape index (κ3) is 3.05. The number of rotatable bonds is 4. The first kappa shape index (κ1) is 14.3. The molecule has 0 amide bonds. The van der Waals surface area contributed by atoms with E-state index < -0.39 is 11.8 Å². The van der Waals surface area contributed by atoms with Crippen molar-refractivity contribution in [3.63, 3.8) is 0 Å². The van der Waals surface area contributed by atoms with Crippen molar-refractivity contribution in [1.29, 1.82) is 0 Å². The van der Waals surface area contributed by atoms with Gasteiger partial charge < -0.3 is 15.2 Å². The highest BCUT2D eigenvalue weighted by Gasteiger charge is 2.17. The number of nitrogens with two attached hydrogens (primary N) is 1. The molecule has 0 saturated carbocycles. The average Bonchev–Trinajstić information content (AvgIpc) is 2.75. The molecule has 7 heteroatoms. The van der Waals surface area contributed by atoms with Crippen LogP contribution in [0.2, 0.25) is 0 Å². The van der Waals surface area contributed by atoms with Crippen LogP contribution in [0, 0.1) is 12.7 Å². The van der Waals surface area contributed by atoms with Crippen LogP contribution in [0.15, 0.2) is 18.2 Å². The van der Waals surface area contributed by atoms with Gasteiger partial charge in [-0.2, -0.15) is 4.98 Å². The molecule has 20 heavy (non-hydrogen) atoms. The molecule has 5 nitrogen and oxygen atoms in total. The zero-order valence-electron chi connectivity index (χ0n) is 11.0. The molecule has 2 aromatic rings. The number of nitrogen functional groups attached to an aromatic ring is 1. The number of aromatic nitrogens is 1. The summed E-state index contributed by atoms with van der Waals surface area (Å²) in [6, 6.07) is 4.09. The summed E-state index contributed by atoms with van der Waals surface area (Å²) in [5.41, 5.74) is 5.76. The summed E-state index contributed by atoms with van der Waals surface area (Å²) < 4.78 is 23.8. The van der Waals surface area contributed by atoms with E-state index in [1.807, 2.05) is 0 Å². The molecule has 106 valence electrons. The van der Waals surface area contributed by atoms with Gasteiger partial charge in [0, 0.05) is 11.8 Å². The topological polar surface area (TPSA) is 74.4 Å². The number of hydrogen-bond acceptors (Lipinski definition) is 6. The van der Waals surface area contributed by atoms with Crippen molar-refractivity contribution in [3.8, 4) is 11.6 Å². The molecule has 0 bridgehead atoms. The van der Waals surface area contributed by atoms with Crippen molar-refractivity contribution in [2.24, 2.45) is 0 Å². The van der Waals surface area contributed by atoms with E-state index in [4.69, 9.17) is 15.2 Å². The number of ether oxygens (including phenoxy) is 2. The van der Waals surface area contributed by atoms with E-state index in [2.05, 4.69) is 4.98 Å². The maximum absolute atomic E-state index is 13.6. The minimum Gasteiger partial charge on any atom is -0.461 e.